The SMILES string of the molecule is CC(C)(C#N)c1cc(F)cc(Cl)c1O. The molecule has 0 aliphatic carbocycles. The van der Waals surface area contributed by atoms with Crippen molar-refractivity contribution in [2.45, 2.75) is 19.3 Å². The molecule has 4 heteroatoms. The normalized spacial score (nSPS) is 11.1. The first-order valence-electron chi connectivity index (χ1n) is 3.98. The van der Waals surface area contributed by atoms with Crippen LogP contribution in [0.15, 0.2) is 12.1 Å². The molecule has 0 fully saturated rings. The lowest BCUT2D eigenvalue weighted by molar-refractivity contribution is 0.454. The molecule has 0 heterocycles. The zero-order valence-corrected chi connectivity index (χ0v) is 8.56. The monoisotopic (exact) mass is 213 g/mol. The van der Waals surface area contributed by atoms with E-state index in [0.29, 0.717) is 0 Å². The van der Waals surface area contributed by atoms with Crippen molar-refractivity contribution in [2.24, 2.45) is 0 Å². The molecule has 0 aromatic heterocycles. The van der Waals surface area contributed by atoms with Crippen LogP contribution in [0.5, 0.6) is 5.75 Å². The number of benzene rings is 1. The topological polar surface area (TPSA) is 44.0 Å². The van der Waals surface area contributed by atoms with E-state index in [1.165, 1.54) is 0 Å². The van der Waals surface area contributed by atoms with E-state index in [-0.39, 0.29) is 16.3 Å². The smallest absolute Gasteiger partial charge is 0.139 e. The highest BCUT2D eigenvalue weighted by atomic mass is 35.5. The van der Waals surface area contributed by atoms with Crippen LogP contribution in [0, 0.1) is 17.1 Å². The Balaban J connectivity index is 3.44. The minimum atomic E-state index is -0.962. The Labute approximate surface area is 86.5 Å². The molecule has 1 aromatic carbocycles. The second kappa shape index (κ2) is 3.47. The summed E-state index contributed by atoms with van der Waals surface area (Å²) in [5.74, 6) is -0.800. The Morgan fingerprint density at radius 1 is 1.50 bits per heavy atom. The Morgan fingerprint density at radius 2 is 2.07 bits per heavy atom. The summed E-state index contributed by atoms with van der Waals surface area (Å²) >= 11 is 5.58. The number of rotatable bonds is 1. The van der Waals surface area contributed by atoms with Gasteiger partial charge in [0.1, 0.15) is 11.6 Å². The van der Waals surface area contributed by atoms with E-state index >= 15 is 0 Å². The molecule has 0 atom stereocenters. The summed E-state index contributed by atoms with van der Waals surface area (Å²) in [5, 5.41) is 18.3. The van der Waals surface area contributed by atoms with E-state index in [0.717, 1.165) is 12.1 Å². The first-order chi connectivity index (χ1) is 6.38. The van der Waals surface area contributed by atoms with E-state index in [1.54, 1.807) is 13.8 Å². The number of phenolic OH excluding ortho intramolecular Hbond substituents is 1. The minimum absolute atomic E-state index is 0.0803. The largest absolute Gasteiger partial charge is 0.506 e. The fourth-order valence-corrected chi connectivity index (χ4v) is 1.31. The lowest BCUT2D eigenvalue weighted by Crippen LogP contribution is -2.14. The van der Waals surface area contributed by atoms with Gasteiger partial charge in [0.05, 0.1) is 16.5 Å². The molecule has 1 N–H and O–H groups in total. The number of nitrogens with zero attached hydrogens (tertiary/aromatic N) is 1. The zero-order chi connectivity index (χ0) is 10.9. The molecule has 74 valence electrons. The maximum atomic E-state index is 13.0. The fourth-order valence-electron chi connectivity index (χ4n) is 1.10. The minimum Gasteiger partial charge on any atom is -0.506 e. The molecule has 0 spiro atoms. The molecule has 0 aliphatic rings. The molecule has 2 nitrogen and oxygen atoms in total. The summed E-state index contributed by atoms with van der Waals surface area (Å²) in [6.45, 7) is 3.16. The van der Waals surface area contributed by atoms with Crippen LogP contribution in [0.3, 0.4) is 0 Å². The van der Waals surface area contributed by atoms with Gasteiger partial charge in [-0.25, -0.2) is 4.39 Å². The number of nitriles is 1. The highest BCUT2D eigenvalue weighted by molar-refractivity contribution is 6.32. The van der Waals surface area contributed by atoms with E-state index in [1.807, 2.05) is 6.07 Å². The van der Waals surface area contributed by atoms with Crippen LogP contribution < -0.4 is 0 Å². The van der Waals surface area contributed by atoms with Gasteiger partial charge in [0, 0.05) is 5.56 Å². The molecule has 1 rings (SSSR count). The summed E-state index contributed by atoms with van der Waals surface area (Å²) in [6, 6.07) is 4.09. The van der Waals surface area contributed by atoms with Crippen molar-refractivity contribution in [3.05, 3.63) is 28.5 Å². The van der Waals surface area contributed by atoms with Crippen molar-refractivity contribution >= 4 is 11.6 Å². The van der Waals surface area contributed by atoms with E-state index in [9.17, 15) is 9.50 Å². The lowest BCUT2D eigenvalue weighted by atomic mass is 9.85. The van der Waals surface area contributed by atoms with Gasteiger partial charge in [-0.15, -0.1) is 0 Å². The van der Waals surface area contributed by atoms with Crippen molar-refractivity contribution in [1.29, 1.82) is 5.26 Å². The van der Waals surface area contributed by atoms with Crippen LogP contribution in [0.4, 0.5) is 4.39 Å². The first kappa shape index (κ1) is 10.8. The molecule has 0 saturated heterocycles. The van der Waals surface area contributed by atoms with Crippen molar-refractivity contribution in [1.82, 2.24) is 0 Å². The summed E-state index contributed by atoms with van der Waals surface area (Å²) < 4.78 is 13.0. The van der Waals surface area contributed by atoms with E-state index < -0.39 is 11.2 Å². The molecule has 0 bridgehead atoms. The quantitative estimate of drug-likeness (QED) is 0.780. The molecule has 0 saturated carbocycles. The van der Waals surface area contributed by atoms with Gasteiger partial charge in [-0.2, -0.15) is 5.26 Å². The van der Waals surface area contributed by atoms with Gasteiger partial charge >= 0.3 is 0 Å². The Morgan fingerprint density at radius 3 is 2.57 bits per heavy atom. The summed E-state index contributed by atoms with van der Waals surface area (Å²) in [4.78, 5) is 0. The number of hydrogen-bond acceptors (Lipinski definition) is 2. The molecular weight excluding hydrogens is 205 g/mol. The lowest BCUT2D eigenvalue weighted by Gasteiger charge is -2.17. The fraction of sp³-hybridized carbons (Fsp3) is 0.300. The predicted octanol–water partition coefficient (Wildman–Crippen LogP) is 2.99. The average Bonchev–Trinajstić information content (AvgIpc) is 2.11. The van der Waals surface area contributed by atoms with Gasteiger partial charge in [0.2, 0.25) is 0 Å². The third-order valence-corrected chi connectivity index (χ3v) is 2.27. The van der Waals surface area contributed by atoms with Crippen molar-refractivity contribution in [2.75, 3.05) is 0 Å². The molecule has 1 aromatic rings. The summed E-state index contributed by atoms with van der Waals surface area (Å²) in [6.07, 6.45) is 0. The molecular formula is C10H9ClFNO. The number of hydrogen-bond donors (Lipinski definition) is 1. The van der Waals surface area contributed by atoms with Gasteiger partial charge in [0.15, 0.2) is 0 Å². The Bertz CT molecular complexity index is 409. The van der Waals surface area contributed by atoms with Gasteiger partial charge < -0.3 is 5.11 Å². The number of aromatic hydroxyl groups is 1. The molecule has 0 unspecified atom stereocenters. The van der Waals surface area contributed by atoms with Crippen molar-refractivity contribution in [3.63, 3.8) is 0 Å². The maximum absolute atomic E-state index is 13.0. The first-order valence-corrected chi connectivity index (χ1v) is 4.36. The number of phenols is 1. The van der Waals surface area contributed by atoms with Crippen LogP contribution in [0.1, 0.15) is 19.4 Å². The molecule has 0 radical (unpaired) electrons. The molecule has 0 amide bonds. The van der Waals surface area contributed by atoms with Gasteiger partial charge in [0.25, 0.3) is 0 Å². The van der Waals surface area contributed by atoms with Crippen LogP contribution >= 0.6 is 11.6 Å². The second-order valence-electron chi connectivity index (χ2n) is 3.52. The molecule has 0 aliphatic heterocycles. The summed E-state index contributed by atoms with van der Waals surface area (Å²) in [7, 11) is 0. The Hall–Kier alpha value is -1.27. The maximum Gasteiger partial charge on any atom is 0.139 e. The van der Waals surface area contributed by atoms with Crippen LogP contribution in [0.2, 0.25) is 5.02 Å². The van der Waals surface area contributed by atoms with Crippen molar-refractivity contribution < 1.29 is 9.50 Å². The van der Waals surface area contributed by atoms with Crippen LogP contribution in [0.25, 0.3) is 0 Å². The van der Waals surface area contributed by atoms with Crippen molar-refractivity contribution in [3.8, 4) is 11.8 Å². The molecule has 14 heavy (non-hydrogen) atoms. The highest BCUT2D eigenvalue weighted by Gasteiger charge is 2.25. The predicted molar refractivity (Wildman–Crippen MR) is 51.7 cm³/mol. The third kappa shape index (κ3) is 1.80. The highest BCUT2D eigenvalue weighted by Crippen LogP contribution is 2.36. The third-order valence-electron chi connectivity index (χ3n) is 1.98. The van der Waals surface area contributed by atoms with Gasteiger partial charge in [-0.1, -0.05) is 11.6 Å². The van der Waals surface area contributed by atoms with E-state index in [4.69, 9.17) is 16.9 Å². The van der Waals surface area contributed by atoms with E-state index in [2.05, 4.69) is 0 Å². The second-order valence-corrected chi connectivity index (χ2v) is 3.93. The standard InChI is InChI=1S/C10H9ClFNO/c1-10(2,5-13)7-3-6(12)4-8(11)9(7)14/h3-4,14H,1-2H3. The van der Waals surface area contributed by atoms with Crippen LogP contribution in [-0.4, -0.2) is 5.11 Å². The number of halogens is 2. The van der Waals surface area contributed by atoms with Crippen LogP contribution in [-0.2, 0) is 5.41 Å². The average molecular weight is 214 g/mol. The van der Waals surface area contributed by atoms with Gasteiger partial charge in [-0.05, 0) is 26.0 Å². The van der Waals surface area contributed by atoms with Gasteiger partial charge in [-0.3, -0.25) is 0 Å². The summed E-state index contributed by atoms with van der Waals surface area (Å²) in [5.41, 5.74) is -0.763. The Kier molecular flexibility index (Phi) is 2.68. The zero-order valence-electron chi connectivity index (χ0n) is 7.81.